The number of nitrogens with zero attached hydrogens (tertiary/aromatic N) is 4. The SMILES string of the molecule is C#Cc1cnc2[nH]c(=O)n(C(CC)CN3CCOCC3)c2n1. The minimum absolute atomic E-state index is 0.0293. The van der Waals surface area contributed by atoms with E-state index in [0.29, 0.717) is 17.0 Å². The standard InChI is InChI=1S/C15H19N5O2/c1-3-11-9-16-13-14(17-11)20(15(21)18-13)12(4-2)10-19-5-7-22-8-6-19/h1,9,12H,4-8,10H2,2H3,(H,16,18,21). The van der Waals surface area contributed by atoms with Crippen LogP contribution in [0.4, 0.5) is 0 Å². The third-order valence-corrected chi connectivity index (χ3v) is 3.98. The molecular formula is C15H19N5O2. The maximum absolute atomic E-state index is 12.3. The number of rotatable bonds is 4. The van der Waals surface area contributed by atoms with E-state index in [1.165, 1.54) is 6.20 Å². The van der Waals surface area contributed by atoms with Crippen LogP contribution >= 0.6 is 0 Å². The van der Waals surface area contributed by atoms with Crippen molar-refractivity contribution in [3.8, 4) is 12.3 Å². The number of hydrogen-bond acceptors (Lipinski definition) is 5. The van der Waals surface area contributed by atoms with Crippen molar-refractivity contribution in [2.45, 2.75) is 19.4 Å². The molecule has 3 heterocycles. The molecular weight excluding hydrogens is 282 g/mol. The van der Waals surface area contributed by atoms with Crippen molar-refractivity contribution < 1.29 is 4.74 Å². The van der Waals surface area contributed by atoms with Gasteiger partial charge in [-0.05, 0) is 12.3 Å². The van der Waals surface area contributed by atoms with Crippen molar-refractivity contribution in [1.82, 2.24) is 24.4 Å². The van der Waals surface area contributed by atoms with Gasteiger partial charge in [0.2, 0.25) is 0 Å². The van der Waals surface area contributed by atoms with Crippen LogP contribution in [0.2, 0.25) is 0 Å². The number of terminal acetylenes is 1. The van der Waals surface area contributed by atoms with Gasteiger partial charge in [0.15, 0.2) is 11.3 Å². The summed E-state index contributed by atoms with van der Waals surface area (Å²) in [6.45, 7) is 6.09. The summed E-state index contributed by atoms with van der Waals surface area (Å²) in [5.41, 5.74) is 1.25. The number of imidazole rings is 1. The van der Waals surface area contributed by atoms with Gasteiger partial charge in [0.25, 0.3) is 0 Å². The first kappa shape index (κ1) is 14.8. The van der Waals surface area contributed by atoms with Crippen molar-refractivity contribution in [2.24, 2.45) is 0 Å². The summed E-state index contributed by atoms with van der Waals surface area (Å²) in [5, 5.41) is 0. The highest BCUT2D eigenvalue weighted by Crippen LogP contribution is 2.17. The third-order valence-electron chi connectivity index (χ3n) is 3.98. The molecule has 0 aliphatic carbocycles. The number of H-pyrrole nitrogens is 1. The number of morpholine rings is 1. The van der Waals surface area contributed by atoms with E-state index < -0.39 is 0 Å². The molecule has 3 rings (SSSR count). The Balaban J connectivity index is 1.97. The second-order valence-electron chi connectivity index (χ2n) is 5.35. The molecule has 22 heavy (non-hydrogen) atoms. The molecule has 1 aliphatic heterocycles. The maximum Gasteiger partial charge on any atom is 0.329 e. The van der Waals surface area contributed by atoms with E-state index in [9.17, 15) is 4.79 Å². The van der Waals surface area contributed by atoms with Gasteiger partial charge in [-0.15, -0.1) is 6.42 Å². The zero-order valence-corrected chi connectivity index (χ0v) is 12.6. The number of fused-ring (bicyclic) bond motifs is 1. The molecule has 1 fully saturated rings. The predicted molar refractivity (Wildman–Crippen MR) is 82.7 cm³/mol. The molecule has 1 atom stereocenters. The fourth-order valence-corrected chi connectivity index (χ4v) is 2.78. The van der Waals surface area contributed by atoms with Crippen LogP contribution in [0, 0.1) is 12.3 Å². The molecule has 2 aromatic rings. The van der Waals surface area contributed by atoms with Gasteiger partial charge in [0, 0.05) is 19.6 Å². The molecule has 0 radical (unpaired) electrons. The lowest BCUT2D eigenvalue weighted by Crippen LogP contribution is -2.41. The molecule has 1 aliphatic rings. The van der Waals surface area contributed by atoms with E-state index in [1.807, 2.05) is 0 Å². The molecule has 0 bridgehead atoms. The monoisotopic (exact) mass is 301 g/mol. The van der Waals surface area contributed by atoms with Gasteiger partial charge in [-0.1, -0.05) is 6.92 Å². The maximum atomic E-state index is 12.3. The van der Waals surface area contributed by atoms with E-state index in [4.69, 9.17) is 11.2 Å². The first-order valence-corrected chi connectivity index (χ1v) is 7.47. The van der Waals surface area contributed by atoms with Gasteiger partial charge in [-0.3, -0.25) is 14.5 Å². The summed E-state index contributed by atoms with van der Waals surface area (Å²) in [6, 6.07) is 0.0293. The van der Waals surface area contributed by atoms with Gasteiger partial charge in [0.05, 0.1) is 25.5 Å². The van der Waals surface area contributed by atoms with Gasteiger partial charge in [-0.2, -0.15) is 0 Å². The lowest BCUT2D eigenvalue weighted by Gasteiger charge is -2.30. The lowest BCUT2D eigenvalue weighted by molar-refractivity contribution is 0.0312. The van der Waals surface area contributed by atoms with E-state index in [0.717, 1.165) is 39.3 Å². The first-order chi connectivity index (χ1) is 10.7. The van der Waals surface area contributed by atoms with E-state index >= 15 is 0 Å². The highest BCUT2D eigenvalue weighted by Gasteiger charge is 2.21. The number of ether oxygens (including phenoxy) is 1. The molecule has 0 amide bonds. The molecule has 7 heteroatoms. The van der Waals surface area contributed by atoms with Crippen molar-refractivity contribution >= 4 is 11.3 Å². The Labute approximate surface area is 128 Å². The van der Waals surface area contributed by atoms with Crippen LogP contribution in [0.3, 0.4) is 0 Å². The average Bonchev–Trinajstić information content (AvgIpc) is 2.88. The second-order valence-corrected chi connectivity index (χ2v) is 5.35. The summed E-state index contributed by atoms with van der Waals surface area (Å²) in [4.78, 5) is 25.9. The van der Waals surface area contributed by atoms with E-state index in [1.54, 1.807) is 4.57 Å². The van der Waals surface area contributed by atoms with Gasteiger partial charge < -0.3 is 4.74 Å². The normalized spacial score (nSPS) is 17.5. The van der Waals surface area contributed by atoms with Crippen LogP contribution in [0.25, 0.3) is 11.3 Å². The topological polar surface area (TPSA) is 76.0 Å². The third kappa shape index (κ3) is 2.75. The molecule has 7 nitrogen and oxygen atoms in total. The Bertz CT molecular complexity index is 751. The Kier molecular flexibility index (Phi) is 4.22. The van der Waals surface area contributed by atoms with Crippen LogP contribution in [-0.2, 0) is 4.74 Å². The Morgan fingerprint density at radius 1 is 1.50 bits per heavy atom. The number of nitrogens with one attached hydrogen (secondary N) is 1. The van der Waals surface area contributed by atoms with Gasteiger partial charge in [-0.25, -0.2) is 14.8 Å². The number of aromatic nitrogens is 4. The van der Waals surface area contributed by atoms with Crippen molar-refractivity contribution in [1.29, 1.82) is 0 Å². The Morgan fingerprint density at radius 3 is 2.95 bits per heavy atom. The molecule has 0 aromatic carbocycles. The molecule has 1 N–H and O–H groups in total. The molecule has 116 valence electrons. The largest absolute Gasteiger partial charge is 0.379 e. The van der Waals surface area contributed by atoms with Crippen LogP contribution < -0.4 is 5.69 Å². The summed E-state index contributed by atoms with van der Waals surface area (Å²) < 4.78 is 7.05. The number of hydrogen-bond donors (Lipinski definition) is 1. The smallest absolute Gasteiger partial charge is 0.329 e. The van der Waals surface area contributed by atoms with Crippen molar-refractivity contribution in [3.63, 3.8) is 0 Å². The predicted octanol–water partition coefficient (Wildman–Crippen LogP) is 0.384. The summed E-state index contributed by atoms with van der Waals surface area (Å²) in [5.74, 6) is 2.46. The Morgan fingerprint density at radius 2 is 2.27 bits per heavy atom. The van der Waals surface area contributed by atoms with Crippen LogP contribution in [0.1, 0.15) is 25.1 Å². The fraction of sp³-hybridized carbons (Fsp3) is 0.533. The molecule has 1 unspecified atom stereocenters. The summed E-state index contributed by atoms with van der Waals surface area (Å²) >= 11 is 0. The van der Waals surface area contributed by atoms with Crippen molar-refractivity contribution in [3.05, 3.63) is 22.4 Å². The van der Waals surface area contributed by atoms with E-state index in [-0.39, 0.29) is 11.7 Å². The highest BCUT2D eigenvalue weighted by molar-refractivity contribution is 5.66. The quantitative estimate of drug-likeness (QED) is 0.827. The Hall–Kier alpha value is -2.17. The first-order valence-electron chi connectivity index (χ1n) is 7.47. The zero-order valence-electron chi connectivity index (χ0n) is 12.6. The minimum Gasteiger partial charge on any atom is -0.379 e. The second kappa shape index (κ2) is 6.30. The average molecular weight is 301 g/mol. The fourth-order valence-electron chi connectivity index (χ4n) is 2.78. The summed E-state index contributed by atoms with van der Waals surface area (Å²) in [6.07, 6.45) is 7.70. The zero-order chi connectivity index (χ0) is 15.5. The van der Waals surface area contributed by atoms with Gasteiger partial charge in [0.1, 0.15) is 5.69 Å². The number of aromatic amines is 1. The molecule has 0 saturated carbocycles. The lowest BCUT2D eigenvalue weighted by atomic mass is 10.2. The summed E-state index contributed by atoms with van der Waals surface area (Å²) in [7, 11) is 0. The molecule has 1 saturated heterocycles. The highest BCUT2D eigenvalue weighted by atomic mass is 16.5. The van der Waals surface area contributed by atoms with Gasteiger partial charge >= 0.3 is 5.69 Å². The van der Waals surface area contributed by atoms with Crippen LogP contribution in [-0.4, -0.2) is 57.3 Å². The van der Waals surface area contributed by atoms with Crippen LogP contribution in [0.15, 0.2) is 11.0 Å². The minimum atomic E-state index is -0.190. The van der Waals surface area contributed by atoms with Crippen molar-refractivity contribution in [2.75, 3.05) is 32.8 Å². The molecule has 0 spiro atoms. The molecule has 2 aromatic heterocycles. The van der Waals surface area contributed by atoms with Crippen LogP contribution in [0.5, 0.6) is 0 Å². The van der Waals surface area contributed by atoms with E-state index in [2.05, 4.69) is 32.7 Å².